The number of carbonyl (C=O) groups is 1. The summed E-state index contributed by atoms with van der Waals surface area (Å²) < 4.78 is 0. The fourth-order valence-electron chi connectivity index (χ4n) is 4.27. The molecule has 6 aromatic rings. The van der Waals surface area contributed by atoms with Crippen molar-refractivity contribution in [1.29, 1.82) is 0 Å². The third kappa shape index (κ3) is 3.56. The van der Waals surface area contributed by atoms with Crippen LogP contribution < -0.4 is 5.32 Å². The van der Waals surface area contributed by atoms with Gasteiger partial charge in [0.2, 0.25) is 5.91 Å². The fourth-order valence-corrected chi connectivity index (χ4v) is 4.27. The minimum absolute atomic E-state index is 0.0412. The minimum Gasteiger partial charge on any atom is -0.335 e. The van der Waals surface area contributed by atoms with Gasteiger partial charge in [-0.15, -0.1) is 0 Å². The highest BCUT2D eigenvalue weighted by Gasteiger charge is 2.29. The van der Waals surface area contributed by atoms with Crippen LogP contribution in [0.1, 0.15) is 12.8 Å². The van der Waals surface area contributed by atoms with E-state index in [1.807, 2.05) is 24.3 Å². The number of carbonyl (C=O) groups excluding carboxylic acids is 1. The number of aromatic nitrogens is 8. The van der Waals surface area contributed by atoms with Crippen molar-refractivity contribution in [3.05, 3.63) is 67.6 Å². The number of rotatable bonds is 5. The monoisotopic (exact) mass is 473 g/mol. The maximum atomic E-state index is 12.2. The molecule has 0 unspecified atom stereocenters. The molecule has 1 amide bonds. The van der Waals surface area contributed by atoms with E-state index in [4.69, 9.17) is 4.98 Å². The zero-order valence-corrected chi connectivity index (χ0v) is 18.9. The number of fused-ring (bicyclic) bond motifs is 2. The molecule has 0 aromatic carbocycles. The molecule has 0 aliphatic heterocycles. The van der Waals surface area contributed by atoms with Crippen LogP contribution in [0.4, 0.5) is 5.69 Å². The van der Waals surface area contributed by atoms with Crippen molar-refractivity contribution < 1.29 is 4.79 Å². The first-order valence-corrected chi connectivity index (χ1v) is 11.6. The molecule has 1 fully saturated rings. The second-order valence-corrected chi connectivity index (χ2v) is 8.82. The molecule has 0 saturated heterocycles. The first kappa shape index (κ1) is 20.4. The number of anilines is 1. The molecule has 1 aliphatic rings. The number of H-pyrrole nitrogens is 2. The largest absolute Gasteiger partial charge is 0.335 e. The van der Waals surface area contributed by atoms with Gasteiger partial charge in [-0.05, 0) is 31.0 Å². The smallest absolute Gasteiger partial charge is 0.227 e. The third-order valence-electron chi connectivity index (χ3n) is 6.29. The molecular formula is C26H19N9O. The maximum Gasteiger partial charge on any atom is 0.227 e. The Bertz CT molecular complexity index is 1750. The second kappa shape index (κ2) is 8.05. The highest BCUT2D eigenvalue weighted by atomic mass is 16.2. The van der Waals surface area contributed by atoms with Crippen LogP contribution in [-0.4, -0.2) is 46.0 Å². The number of nitrogens with zero attached hydrogens (tertiary/aromatic N) is 6. The van der Waals surface area contributed by atoms with Crippen molar-refractivity contribution in [2.24, 2.45) is 5.92 Å². The number of hydrogen-bond donors (Lipinski definition) is 3. The van der Waals surface area contributed by atoms with Crippen molar-refractivity contribution in [3.8, 4) is 33.9 Å². The van der Waals surface area contributed by atoms with E-state index < -0.39 is 0 Å². The first-order valence-electron chi connectivity index (χ1n) is 11.6. The molecule has 6 heterocycles. The van der Waals surface area contributed by atoms with Gasteiger partial charge in [0.05, 0.1) is 41.0 Å². The molecule has 36 heavy (non-hydrogen) atoms. The lowest BCUT2D eigenvalue weighted by Crippen LogP contribution is -2.13. The normalized spacial score (nSPS) is 13.3. The van der Waals surface area contributed by atoms with Gasteiger partial charge in [0.1, 0.15) is 11.2 Å². The Morgan fingerprint density at radius 3 is 2.69 bits per heavy atom. The standard InChI is InChI=1S/C26H19N9O/c36-26(14-3-4-14)31-17-6-16(9-28-10-17)20-7-18-21(13-30-20)34-35-24(18)25-32-22-12-29-11-19(23(22)33-25)15-2-1-5-27-8-15/h1-2,5-14H,3-4H2,(H,31,36)(H,32,33)(H,34,35). The summed E-state index contributed by atoms with van der Waals surface area (Å²) in [7, 11) is 0. The predicted octanol–water partition coefficient (Wildman–Crippen LogP) is 4.37. The highest BCUT2D eigenvalue weighted by molar-refractivity contribution is 5.98. The topological polar surface area (TPSA) is 138 Å². The Morgan fingerprint density at radius 1 is 0.944 bits per heavy atom. The van der Waals surface area contributed by atoms with Crippen LogP contribution in [0.5, 0.6) is 0 Å². The number of nitrogens with one attached hydrogen (secondary N) is 3. The van der Waals surface area contributed by atoms with Gasteiger partial charge in [-0.2, -0.15) is 5.10 Å². The highest BCUT2D eigenvalue weighted by Crippen LogP contribution is 2.33. The lowest BCUT2D eigenvalue weighted by Gasteiger charge is -2.06. The summed E-state index contributed by atoms with van der Waals surface area (Å²) in [4.78, 5) is 37.9. The zero-order chi connectivity index (χ0) is 24.1. The van der Waals surface area contributed by atoms with E-state index >= 15 is 0 Å². The van der Waals surface area contributed by atoms with Gasteiger partial charge in [0.25, 0.3) is 0 Å². The fraction of sp³-hybridized carbons (Fsp3) is 0.115. The summed E-state index contributed by atoms with van der Waals surface area (Å²) in [6, 6.07) is 7.70. The van der Waals surface area contributed by atoms with Gasteiger partial charge in [0, 0.05) is 52.8 Å². The van der Waals surface area contributed by atoms with Crippen LogP contribution in [-0.2, 0) is 4.79 Å². The summed E-state index contributed by atoms with van der Waals surface area (Å²) >= 11 is 0. The summed E-state index contributed by atoms with van der Waals surface area (Å²) in [5.41, 5.74) is 7.06. The van der Waals surface area contributed by atoms with Crippen LogP contribution >= 0.6 is 0 Å². The average molecular weight is 474 g/mol. The second-order valence-electron chi connectivity index (χ2n) is 8.82. The van der Waals surface area contributed by atoms with Crippen LogP contribution in [0.25, 0.3) is 55.8 Å². The van der Waals surface area contributed by atoms with Gasteiger partial charge in [0.15, 0.2) is 5.82 Å². The molecule has 174 valence electrons. The summed E-state index contributed by atoms with van der Waals surface area (Å²) in [6.45, 7) is 0. The van der Waals surface area contributed by atoms with Crippen LogP contribution in [0.2, 0.25) is 0 Å². The molecule has 7 rings (SSSR count). The minimum atomic E-state index is 0.0412. The SMILES string of the molecule is O=C(Nc1cncc(-c2cc3c(-c4nc5c(-c6cccnc6)cncc5[nH]4)n[nH]c3cn2)c1)C1CC1. The molecule has 10 heteroatoms. The van der Waals surface area contributed by atoms with Gasteiger partial charge in [-0.25, -0.2) is 4.98 Å². The Labute approximate surface area is 204 Å². The van der Waals surface area contributed by atoms with Crippen molar-refractivity contribution in [2.75, 3.05) is 5.32 Å². The van der Waals surface area contributed by atoms with Gasteiger partial charge < -0.3 is 10.3 Å². The van der Waals surface area contributed by atoms with Crippen LogP contribution in [0.15, 0.2) is 67.6 Å². The molecule has 3 N–H and O–H groups in total. The maximum absolute atomic E-state index is 12.2. The molecule has 0 radical (unpaired) electrons. The molecule has 0 spiro atoms. The number of pyridine rings is 4. The van der Waals surface area contributed by atoms with Crippen LogP contribution in [0.3, 0.4) is 0 Å². The number of aromatic amines is 2. The van der Waals surface area contributed by atoms with Crippen LogP contribution in [0, 0.1) is 5.92 Å². The Balaban J connectivity index is 1.28. The third-order valence-corrected chi connectivity index (χ3v) is 6.29. The van der Waals surface area contributed by atoms with Gasteiger partial charge in [-0.1, -0.05) is 6.07 Å². The average Bonchev–Trinajstić information content (AvgIpc) is 3.55. The van der Waals surface area contributed by atoms with E-state index in [0.717, 1.165) is 51.5 Å². The van der Waals surface area contributed by atoms with E-state index in [1.54, 1.807) is 43.4 Å². The molecule has 1 aliphatic carbocycles. The van der Waals surface area contributed by atoms with Crippen molar-refractivity contribution >= 4 is 33.5 Å². The van der Waals surface area contributed by atoms with E-state index in [-0.39, 0.29) is 11.8 Å². The van der Waals surface area contributed by atoms with E-state index in [9.17, 15) is 4.79 Å². The molecule has 0 bridgehead atoms. The van der Waals surface area contributed by atoms with Crippen molar-refractivity contribution in [3.63, 3.8) is 0 Å². The van der Waals surface area contributed by atoms with E-state index in [2.05, 4.69) is 40.4 Å². The molecule has 1 saturated carbocycles. The molecule has 10 nitrogen and oxygen atoms in total. The van der Waals surface area contributed by atoms with Crippen molar-refractivity contribution in [1.82, 2.24) is 40.1 Å². The van der Waals surface area contributed by atoms with Gasteiger partial charge >= 0.3 is 0 Å². The number of hydrogen-bond acceptors (Lipinski definition) is 7. The summed E-state index contributed by atoms with van der Waals surface area (Å²) in [5.74, 6) is 0.781. The lowest BCUT2D eigenvalue weighted by atomic mass is 10.1. The molecular weight excluding hydrogens is 454 g/mol. The van der Waals surface area contributed by atoms with E-state index in [0.29, 0.717) is 22.9 Å². The quantitative estimate of drug-likeness (QED) is 0.338. The Hall–Kier alpha value is -4.99. The van der Waals surface area contributed by atoms with E-state index in [1.165, 1.54) is 0 Å². The number of amides is 1. The van der Waals surface area contributed by atoms with Crippen molar-refractivity contribution in [2.45, 2.75) is 12.8 Å². The summed E-state index contributed by atoms with van der Waals surface area (Å²) in [5, 5.41) is 11.4. The lowest BCUT2D eigenvalue weighted by molar-refractivity contribution is -0.117. The predicted molar refractivity (Wildman–Crippen MR) is 135 cm³/mol. The van der Waals surface area contributed by atoms with Gasteiger partial charge in [-0.3, -0.25) is 29.8 Å². The molecule has 6 aromatic heterocycles. The Kier molecular flexibility index (Phi) is 4.56. The first-order chi connectivity index (χ1) is 17.7. The zero-order valence-electron chi connectivity index (χ0n) is 18.9. The number of imidazole rings is 1. The Morgan fingerprint density at radius 2 is 1.83 bits per heavy atom. The molecule has 0 atom stereocenters. The summed E-state index contributed by atoms with van der Waals surface area (Å²) in [6.07, 6.45) is 14.1.